The highest BCUT2D eigenvalue weighted by Gasteiger charge is 2.18. The number of ether oxygens (including phenoxy) is 1. The third kappa shape index (κ3) is 8.61. The lowest BCUT2D eigenvalue weighted by atomic mass is 9.99. The SMILES string of the molecule is COCC1CCCN(CCCCCNCC(C)C)C1. The summed E-state index contributed by atoms with van der Waals surface area (Å²) in [6.07, 6.45) is 6.73. The van der Waals surface area contributed by atoms with Crippen molar-refractivity contribution in [3.63, 3.8) is 0 Å². The van der Waals surface area contributed by atoms with Crippen LogP contribution in [0.2, 0.25) is 0 Å². The van der Waals surface area contributed by atoms with Gasteiger partial charge in [-0.25, -0.2) is 0 Å². The van der Waals surface area contributed by atoms with Crippen LogP contribution in [0.25, 0.3) is 0 Å². The molecule has 1 N–H and O–H groups in total. The second-order valence-electron chi connectivity index (χ2n) is 6.42. The quantitative estimate of drug-likeness (QED) is 0.618. The van der Waals surface area contributed by atoms with Crippen molar-refractivity contribution in [2.45, 2.75) is 46.0 Å². The number of nitrogens with one attached hydrogen (secondary N) is 1. The van der Waals surface area contributed by atoms with Gasteiger partial charge in [-0.2, -0.15) is 0 Å². The average Bonchev–Trinajstić information content (AvgIpc) is 2.38. The topological polar surface area (TPSA) is 24.5 Å². The van der Waals surface area contributed by atoms with Crippen molar-refractivity contribution < 1.29 is 4.74 Å². The molecule has 1 fully saturated rings. The molecule has 0 aromatic heterocycles. The lowest BCUT2D eigenvalue weighted by Gasteiger charge is -2.32. The van der Waals surface area contributed by atoms with Gasteiger partial charge in [0.1, 0.15) is 0 Å². The van der Waals surface area contributed by atoms with Gasteiger partial charge >= 0.3 is 0 Å². The van der Waals surface area contributed by atoms with Gasteiger partial charge < -0.3 is 15.0 Å². The summed E-state index contributed by atoms with van der Waals surface area (Å²) in [5, 5.41) is 3.52. The molecule has 0 bridgehead atoms. The first-order valence-corrected chi connectivity index (χ1v) is 8.14. The number of likely N-dealkylation sites (tertiary alicyclic amines) is 1. The normalized spacial score (nSPS) is 21.2. The summed E-state index contributed by atoms with van der Waals surface area (Å²) in [6, 6.07) is 0. The summed E-state index contributed by atoms with van der Waals surface area (Å²) >= 11 is 0. The second-order valence-corrected chi connectivity index (χ2v) is 6.42. The molecule has 114 valence electrons. The Morgan fingerprint density at radius 3 is 2.84 bits per heavy atom. The fourth-order valence-electron chi connectivity index (χ4n) is 2.88. The molecule has 19 heavy (non-hydrogen) atoms. The highest BCUT2D eigenvalue weighted by Crippen LogP contribution is 2.17. The van der Waals surface area contributed by atoms with Crippen LogP contribution < -0.4 is 5.32 Å². The van der Waals surface area contributed by atoms with Crippen LogP contribution in [0.5, 0.6) is 0 Å². The molecule has 1 atom stereocenters. The number of nitrogens with zero attached hydrogens (tertiary/aromatic N) is 1. The molecule has 0 spiro atoms. The predicted octanol–water partition coefficient (Wildman–Crippen LogP) is 2.76. The maximum absolute atomic E-state index is 5.28. The summed E-state index contributed by atoms with van der Waals surface area (Å²) in [6.45, 7) is 11.6. The van der Waals surface area contributed by atoms with Crippen LogP contribution in [0.3, 0.4) is 0 Å². The zero-order chi connectivity index (χ0) is 13.9. The van der Waals surface area contributed by atoms with Gasteiger partial charge in [-0.05, 0) is 63.7 Å². The van der Waals surface area contributed by atoms with E-state index in [1.807, 2.05) is 7.11 Å². The Kier molecular flexibility index (Phi) is 9.48. The largest absolute Gasteiger partial charge is 0.384 e. The van der Waals surface area contributed by atoms with Crippen molar-refractivity contribution in [3.8, 4) is 0 Å². The number of hydrogen-bond acceptors (Lipinski definition) is 3. The molecule has 1 aliphatic rings. The van der Waals surface area contributed by atoms with E-state index in [0.29, 0.717) is 0 Å². The monoisotopic (exact) mass is 270 g/mol. The minimum Gasteiger partial charge on any atom is -0.384 e. The lowest BCUT2D eigenvalue weighted by molar-refractivity contribution is 0.0898. The summed E-state index contributed by atoms with van der Waals surface area (Å²) in [4.78, 5) is 2.63. The van der Waals surface area contributed by atoms with Gasteiger partial charge in [0, 0.05) is 13.7 Å². The Balaban J connectivity index is 1.94. The molecule has 3 nitrogen and oxygen atoms in total. The predicted molar refractivity (Wildman–Crippen MR) is 82.6 cm³/mol. The molecular formula is C16H34N2O. The molecule has 1 aliphatic heterocycles. The second kappa shape index (κ2) is 10.6. The molecule has 1 rings (SSSR count). The Morgan fingerprint density at radius 1 is 1.26 bits per heavy atom. The molecule has 0 aromatic carbocycles. The van der Waals surface area contributed by atoms with E-state index in [1.54, 1.807) is 0 Å². The van der Waals surface area contributed by atoms with E-state index in [4.69, 9.17) is 4.74 Å². The van der Waals surface area contributed by atoms with Crippen molar-refractivity contribution >= 4 is 0 Å². The average molecular weight is 270 g/mol. The van der Waals surface area contributed by atoms with E-state index in [1.165, 1.54) is 58.3 Å². The fourth-order valence-corrected chi connectivity index (χ4v) is 2.88. The molecule has 0 saturated carbocycles. The molecule has 0 amide bonds. The summed E-state index contributed by atoms with van der Waals surface area (Å²) in [5.41, 5.74) is 0. The molecule has 1 heterocycles. The first kappa shape index (κ1) is 16.9. The number of hydrogen-bond donors (Lipinski definition) is 1. The van der Waals surface area contributed by atoms with Crippen LogP contribution >= 0.6 is 0 Å². The highest BCUT2D eigenvalue weighted by atomic mass is 16.5. The molecule has 0 radical (unpaired) electrons. The molecule has 0 aliphatic carbocycles. The summed E-state index contributed by atoms with van der Waals surface area (Å²) in [5.74, 6) is 1.54. The molecule has 1 saturated heterocycles. The van der Waals surface area contributed by atoms with Crippen molar-refractivity contribution in [1.82, 2.24) is 10.2 Å². The molecule has 0 aromatic rings. The van der Waals surface area contributed by atoms with Crippen LogP contribution in [0, 0.1) is 11.8 Å². The van der Waals surface area contributed by atoms with Crippen molar-refractivity contribution in [2.24, 2.45) is 11.8 Å². The Hall–Kier alpha value is -0.120. The van der Waals surface area contributed by atoms with Crippen LogP contribution in [0.15, 0.2) is 0 Å². The summed E-state index contributed by atoms with van der Waals surface area (Å²) in [7, 11) is 1.82. The maximum atomic E-state index is 5.28. The van der Waals surface area contributed by atoms with Gasteiger partial charge in [-0.15, -0.1) is 0 Å². The van der Waals surface area contributed by atoms with E-state index in [-0.39, 0.29) is 0 Å². The van der Waals surface area contributed by atoms with Crippen LogP contribution in [-0.2, 0) is 4.74 Å². The first-order chi connectivity index (χ1) is 9.22. The van der Waals surface area contributed by atoms with Gasteiger partial charge in [-0.1, -0.05) is 20.3 Å². The van der Waals surface area contributed by atoms with Gasteiger partial charge in [0.05, 0.1) is 6.61 Å². The van der Waals surface area contributed by atoms with Gasteiger partial charge in [0.15, 0.2) is 0 Å². The Morgan fingerprint density at radius 2 is 2.11 bits per heavy atom. The van der Waals surface area contributed by atoms with Crippen LogP contribution in [0.4, 0.5) is 0 Å². The minimum absolute atomic E-state index is 0.770. The van der Waals surface area contributed by atoms with Crippen LogP contribution in [0.1, 0.15) is 46.0 Å². The van der Waals surface area contributed by atoms with Gasteiger partial charge in [0.25, 0.3) is 0 Å². The van der Waals surface area contributed by atoms with E-state index < -0.39 is 0 Å². The number of rotatable bonds is 10. The lowest BCUT2D eigenvalue weighted by Crippen LogP contribution is -2.37. The third-order valence-electron chi connectivity index (χ3n) is 3.89. The van der Waals surface area contributed by atoms with Crippen molar-refractivity contribution in [2.75, 3.05) is 46.4 Å². The highest BCUT2D eigenvalue weighted by molar-refractivity contribution is 4.72. The van der Waals surface area contributed by atoms with Crippen molar-refractivity contribution in [3.05, 3.63) is 0 Å². The van der Waals surface area contributed by atoms with Gasteiger partial charge in [0.2, 0.25) is 0 Å². The van der Waals surface area contributed by atoms with E-state index >= 15 is 0 Å². The van der Waals surface area contributed by atoms with Crippen molar-refractivity contribution in [1.29, 1.82) is 0 Å². The zero-order valence-corrected chi connectivity index (χ0v) is 13.3. The van der Waals surface area contributed by atoms with Gasteiger partial charge in [-0.3, -0.25) is 0 Å². The molecule has 3 heteroatoms. The number of methoxy groups -OCH3 is 1. The third-order valence-corrected chi connectivity index (χ3v) is 3.89. The molecule has 1 unspecified atom stereocenters. The minimum atomic E-state index is 0.770. The molecular weight excluding hydrogens is 236 g/mol. The van der Waals surface area contributed by atoms with E-state index in [9.17, 15) is 0 Å². The van der Waals surface area contributed by atoms with E-state index in [0.717, 1.165) is 25.0 Å². The Labute approximate surface area is 120 Å². The fraction of sp³-hybridized carbons (Fsp3) is 1.00. The maximum Gasteiger partial charge on any atom is 0.0502 e. The zero-order valence-electron chi connectivity index (χ0n) is 13.3. The number of piperidine rings is 1. The smallest absolute Gasteiger partial charge is 0.0502 e. The van der Waals surface area contributed by atoms with E-state index in [2.05, 4.69) is 24.1 Å². The summed E-state index contributed by atoms with van der Waals surface area (Å²) < 4.78 is 5.28. The standard InChI is InChI=1S/C16H34N2O/c1-15(2)12-17-9-5-4-6-10-18-11-7-8-16(13-18)14-19-3/h15-17H,4-14H2,1-3H3. The number of unbranched alkanes of at least 4 members (excludes halogenated alkanes) is 2. The van der Waals surface area contributed by atoms with Crippen LogP contribution in [-0.4, -0.2) is 51.3 Å². The first-order valence-electron chi connectivity index (χ1n) is 8.14. The Bertz CT molecular complexity index is 207.